The molecular formula is C13H14N4O3S. The zero-order valence-corrected chi connectivity index (χ0v) is 11.9. The van der Waals surface area contributed by atoms with E-state index < -0.39 is 10.0 Å². The number of anilines is 1. The quantitative estimate of drug-likeness (QED) is 0.834. The molecule has 0 bridgehead atoms. The molecule has 21 heavy (non-hydrogen) atoms. The third kappa shape index (κ3) is 2.96. The van der Waals surface area contributed by atoms with Crippen LogP contribution in [0.15, 0.2) is 41.6 Å². The van der Waals surface area contributed by atoms with E-state index in [4.69, 9.17) is 0 Å². The summed E-state index contributed by atoms with van der Waals surface area (Å²) in [7, 11) is -3.58. The van der Waals surface area contributed by atoms with Gasteiger partial charge in [-0.2, -0.15) is 5.10 Å². The summed E-state index contributed by atoms with van der Waals surface area (Å²) in [6, 6.07) is 6.41. The van der Waals surface area contributed by atoms with Gasteiger partial charge in [0.2, 0.25) is 15.9 Å². The molecule has 2 aromatic rings. The number of rotatable bonds is 5. The summed E-state index contributed by atoms with van der Waals surface area (Å²) in [5.74, 6) is -0.119. The molecule has 1 aromatic heterocycles. The number of hydrogen-bond donors (Lipinski definition) is 2. The number of benzene rings is 1. The number of fused-ring (bicyclic) bond motifs is 1. The summed E-state index contributed by atoms with van der Waals surface area (Å²) in [5, 5.41) is 6.67. The number of nitrogens with zero attached hydrogens (tertiary/aromatic N) is 2. The largest absolute Gasteiger partial charge is 0.326 e. The van der Waals surface area contributed by atoms with Crippen molar-refractivity contribution < 1.29 is 13.2 Å². The SMILES string of the molecule is O=C1Cc2cc(S(=O)(=O)NCCn3cccn3)ccc2N1. The molecule has 2 N–H and O–H groups in total. The normalized spacial score (nSPS) is 14.0. The van der Waals surface area contributed by atoms with E-state index in [-0.39, 0.29) is 23.8 Å². The average Bonchev–Trinajstić information content (AvgIpc) is 3.05. The van der Waals surface area contributed by atoms with Gasteiger partial charge in [-0.15, -0.1) is 0 Å². The van der Waals surface area contributed by atoms with Crippen LogP contribution in [0.4, 0.5) is 5.69 Å². The van der Waals surface area contributed by atoms with Gasteiger partial charge in [-0.1, -0.05) is 0 Å². The molecule has 1 aromatic carbocycles. The van der Waals surface area contributed by atoms with E-state index in [1.165, 1.54) is 12.1 Å². The summed E-state index contributed by atoms with van der Waals surface area (Å²) < 4.78 is 28.6. The molecule has 8 heteroatoms. The Kier molecular flexibility index (Phi) is 3.48. The van der Waals surface area contributed by atoms with Crippen LogP contribution in [0.3, 0.4) is 0 Å². The number of aromatic nitrogens is 2. The third-order valence-electron chi connectivity index (χ3n) is 3.20. The zero-order valence-electron chi connectivity index (χ0n) is 11.1. The van der Waals surface area contributed by atoms with Crippen LogP contribution in [0.5, 0.6) is 0 Å². The predicted octanol–water partition coefficient (Wildman–Crippen LogP) is 0.356. The van der Waals surface area contributed by atoms with E-state index in [2.05, 4.69) is 15.1 Å². The van der Waals surface area contributed by atoms with Crippen LogP contribution in [-0.2, 0) is 27.8 Å². The number of sulfonamides is 1. The van der Waals surface area contributed by atoms with Crippen molar-refractivity contribution in [3.05, 3.63) is 42.2 Å². The topological polar surface area (TPSA) is 93.1 Å². The first-order valence-electron chi connectivity index (χ1n) is 6.44. The van der Waals surface area contributed by atoms with Gasteiger partial charge >= 0.3 is 0 Å². The fourth-order valence-corrected chi connectivity index (χ4v) is 3.25. The van der Waals surface area contributed by atoms with Gasteiger partial charge in [0.1, 0.15) is 0 Å². The minimum atomic E-state index is -3.58. The predicted molar refractivity (Wildman–Crippen MR) is 76.2 cm³/mol. The molecule has 1 aliphatic rings. The van der Waals surface area contributed by atoms with E-state index in [1.807, 2.05) is 0 Å². The van der Waals surface area contributed by atoms with E-state index in [0.717, 1.165) is 0 Å². The Bertz CT molecular complexity index is 769. The molecule has 1 aliphatic heterocycles. The highest BCUT2D eigenvalue weighted by Crippen LogP contribution is 2.25. The molecule has 0 spiro atoms. The summed E-state index contributed by atoms with van der Waals surface area (Å²) in [4.78, 5) is 11.4. The van der Waals surface area contributed by atoms with Crippen molar-refractivity contribution in [3.8, 4) is 0 Å². The second-order valence-electron chi connectivity index (χ2n) is 4.71. The summed E-state index contributed by atoms with van der Waals surface area (Å²) in [6.07, 6.45) is 3.62. The second-order valence-corrected chi connectivity index (χ2v) is 6.48. The van der Waals surface area contributed by atoms with Crippen LogP contribution in [0.25, 0.3) is 0 Å². The standard InChI is InChI=1S/C13H14N4O3S/c18-13-9-10-8-11(2-3-12(10)16-13)21(19,20)15-5-7-17-6-1-4-14-17/h1-4,6,8,15H,5,7,9H2,(H,16,18). The lowest BCUT2D eigenvalue weighted by atomic mass is 10.2. The molecule has 1 amide bonds. The smallest absolute Gasteiger partial charge is 0.240 e. The van der Waals surface area contributed by atoms with E-state index in [1.54, 1.807) is 29.2 Å². The van der Waals surface area contributed by atoms with E-state index in [9.17, 15) is 13.2 Å². The zero-order chi connectivity index (χ0) is 14.9. The maximum absolute atomic E-state index is 12.2. The first-order valence-corrected chi connectivity index (χ1v) is 7.93. The van der Waals surface area contributed by atoms with Gasteiger partial charge in [-0.3, -0.25) is 9.48 Å². The van der Waals surface area contributed by atoms with Gasteiger partial charge in [0.25, 0.3) is 0 Å². The van der Waals surface area contributed by atoms with E-state index in [0.29, 0.717) is 17.8 Å². The van der Waals surface area contributed by atoms with Crippen LogP contribution < -0.4 is 10.0 Å². The number of carbonyl (C=O) groups excluding carboxylic acids is 1. The molecule has 0 saturated heterocycles. The Morgan fingerprint density at radius 1 is 1.38 bits per heavy atom. The van der Waals surface area contributed by atoms with Crippen LogP contribution in [0, 0.1) is 0 Å². The highest BCUT2D eigenvalue weighted by Gasteiger charge is 2.21. The van der Waals surface area contributed by atoms with Gasteiger partial charge in [-0.25, -0.2) is 13.1 Å². The maximum atomic E-state index is 12.2. The summed E-state index contributed by atoms with van der Waals surface area (Å²) in [6.45, 7) is 0.704. The van der Waals surface area contributed by atoms with Crippen molar-refractivity contribution in [1.82, 2.24) is 14.5 Å². The van der Waals surface area contributed by atoms with Crippen molar-refractivity contribution in [3.63, 3.8) is 0 Å². The average molecular weight is 306 g/mol. The number of hydrogen-bond acceptors (Lipinski definition) is 4. The van der Waals surface area contributed by atoms with Gasteiger partial charge in [0, 0.05) is 24.6 Å². The minimum Gasteiger partial charge on any atom is -0.326 e. The molecule has 0 radical (unpaired) electrons. The lowest BCUT2D eigenvalue weighted by molar-refractivity contribution is -0.115. The molecule has 2 heterocycles. The molecule has 0 saturated carbocycles. The molecule has 0 atom stereocenters. The number of nitrogens with one attached hydrogen (secondary N) is 2. The lowest BCUT2D eigenvalue weighted by Crippen LogP contribution is -2.27. The maximum Gasteiger partial charge on any atom is 0.240 e. The Balaban J connectivity index is 1.70. The number of amides is 1. The summed E-state index contributed by atoms with van der Waals surface area (Å²) >= 11 is 0. The lowest BCUT2D eigenvalue weighted by Gasteiger charge is -2.08. The first-order chi connectivity index (χ1) is 10.0. The molecule has 0 unspecified atom stereocenters. The van der Waals surface area contributed by atoms with Gasteiger partial charge < -0.3 is 5.32 Å². The molecule has 7 nitrogen and oxygen atoms in total. The highest BCUT2D eigenvalue weighted by molar-refractivity contribution is 7.89. The Morgan fingerprint density at radius 2 is 2.24 bits per heavy atom. The van der Waals surface area contributed by atoms with Crippen molar-refractivity contribution >= 4 is 21.6 Å². The van der Waals surface area contributed by atoms with Crippen LogP contribution >= 0.6 is 0 Å². The second kappa shape index (κ2) is 5.30. The van der Waals surface area contributed by atoms with E-state index >= 15 is 0 Å². The molecule has 0 aliphatic carbocycles. The Hall–Kier alpha value is -2.19. The van der Waals surface area contributed by atoms with Gasteiger partial charge in [0.15, 0.2) is 0 Å². The highest BCUT2D eigenvalue weighted by atomic mass is 32.2. The summed E-state index contributed by atoms with van der Waals surface area (Å²) in [5.41, 5.74) is 1.38. The van der Waals surface area contributed by atoms with Gasteiger partial charge in [0.05, 0.1) is 17.9 Å². The Labute approximate surface area is 122 Å². The van der Waals surface area contributed by atoms with Gasteiger partial charge in [-0.05, 0) is 29.8 Å². The van der Waals surface area contributed by atoms with Crippen molar-refractivity contribution in [2.45, 2.75) is 17.9 Å². The van der Waals surface area contributed by atoms with Crippen LogP contribution in [-0.4, -0.2) is 30.7 Å². The van der Waals surface area contributed by atoms with Crippen molar-refractivity contribution in [2.24, 2.45) is 0 Å². The number of carbonyl (C=O) groups is 1. The van der Waals surface area contributed by atoms with Crippen LogP contribution in [0.1, 0.15) is 5.56 Å². The molecule has 0 fully saturated rings. The van der Waals surface area contributed by atoms with Crippen LogP contribution in [0.2, 0.25) is 0 Å². The van der Waals surface area contributed by atoms with Crippen molar-refractivity contribution in [1.29, 1.82) is 0 Å². The first kappa shape index (κ1) is 13.8. The molecular weight excluding hydrogens is 292 g/mol. The minimum absolute atomic E-state index is 0.119. The third-order valence-corrected chi connectivity index (χ3v) is 4.66. The fraction of sp³-hybridized carbons (Fsp3) is 0.231. The monoisotopic (exact) mass is 306 g/mol. The fourth-order valence-electron chi connectivity index (χ4n) is 2.18. The molecule has 110 valence electrons. The Morgan fingerprint density at radius 3 is 3.00 bits per heavy atom. The van der Waals surface area contributed by atoms with Crippen molar-refractivity contribution in [2.75, 3.05) is 11.9 Å². The molecule has 3 rings (SSSR count).